The van der Waals surface area contributed by atoms with Gasteiger partial charge in [-0.3, -0.25) is 9.59 Å². The topological polar surface area (TPSA) is 48.3 Å². The van der Waals surface area contributed by atoms with E-state index in [9.17, 15) is 9.59 Å². The standard InChI is InChI=1S/C12H17NO3/c1-3-4-11(14)10-5-7-13(9-10)8-6-12(15)16-2/h5,7,9H,3-4,6,8H2,1-2H3. The van der Waals surface area contributed by atoms with Crippen LogP contribution in [0, 0.1) is 0 Å². The van der Waals surface area contributed by atoms with Gasteiger partial charge in [0, 0.05) is 30.9 Å². The third-order valence-electron chi connectivity index (χ3n) is 2.35. The number of carbonyl (C=O) groups excluding carboxylic acids is 2. The van der Waals surface area contributed by atoms with Crippen LogP contribution in [0.5, 0.6) is 0 Å². The Bertz CT molecular complexity index is 368. The molecule has 0 saturated heterocycles. The fraction of sp³-hybridized carbons (Fsp3) is 0.500. The summed E-state index contributed by atoms with van der Waals surface area (Å²) >= 11 is 0. The zero-order chi connectivity index (χ0) is 12.0. The number of nitrogens with zero attached hydrogens (tertiary/aromatic N) is 1. The highest BCUT2D eigenvalue weighted by atomic mass is 16.5. The Kier molecular flexibility index (Phi) is 4.76. The van der Waals surface area contributed by atoms with Crippen molar-refractivity contribution in [3.8, 4) is 0 Å². The number of rotatable bonds is 6. The molecule has 0 aliphatic carbocycles. The summed E-state index contributed by atoms with van der Waals surface area (Å²) in [6.07, 6.45) is 5.34. The molecule has 16 heavy (non-hydrogen) atoms. The fourth-order valence-electron chi connectivity index (χ4n) is 1.44. The van der Waals surface area contributed by atoms with Crippen molar-refractivity contribution in [2.45, 2.75) is 32.7 Å². The molecule has 0 bridgehead atoms. The van der Waals surface area contributed by atoms with E-state index in [1.165, 1.54) is 7.11 Å². The summed E-state index contributed by atoms with van der Waals surface area (Å²) < 4.78 is 6.38. The van der Waals surface area contributed by atoms with E-state index in [4.69, 9.17) is 0 Å². The smallest absolute Gasteiger partial charge is 0.307 e. The highest BCUT2D eigenvalue weighted by Crippen LogP contribution is 2.07. The molecule has 0 amide bonds. The summed E-state index contributed by atoms with van der Waals surface area (Å²) in [5, 5.41) is 0. The van der Waals surface area contributed by atoms with Crippen LogP contribution in [0.25, 0.3) is 0 Å². The Hall–Kier alpha value is -1.58. The molecular weight excluding hydrogens is 206 g/mol. The highest BCUT2D eigenvalue weighted by molar-refractivity contribution is 5.95. The average Bonchev–Trinajstić information content (AvgIpc) is 2.75. The Morgan fingerprint density at radius 3 is 2.75 bits per heavy atom. The first kappa shape index (κ1) is 12.5. The van der Waals surface area contributed by atoms with Gasteiger partial charge in [-0.15, -0.1) is 0 Å². The summed E-state index contributed by atoms with van der Waals surface area (Å²) in [4.78, 5) is 22.5. The molecule has 1 aromatic heterocycles. The molecule has 0 fully saturated rings. The van der Waals surface area contributed by atoms with E-state index in [0.29, 0.717) is 24.9 Å². The van der Waals surface area contributed by atoms with Crippen molar-refractivity contribution >= 4 is 11.8 Å². The Balaban J connectivity index is 2.51. The number of aromatic nitrogens is 1. The van der Waals surface area contributed by atoms with Gasteiger partial charge in [0.05, 0.1) is 13.5 Å². The van der Waals surface area contributed by atoms with Gasteiger partial charge in [-0.1, -0.05) is 6.92 Å². The van der Waals surface area contributed by atoms with E-state index in [1.54, 1.807) is 12.3 Å². The lowest BCUT2D eigenvalue weighted by molar-refractivity contribution is -0.140. The number of carbonyl (C=O) groups is 2. The molecule has 0 atom stereocenters. The van der Waals surface area contributed by atoms with Gasteiger partial charge in [0.15, 0.2) is 5.78 Å². The van der Waals surface area contributed by atoms with Gasteiger partial charge in [0.25, 0.3) is 0 Å². The van der Waals surface area contributed by atoms with Gasteiger partial charge < -0.3 is 9.30 Å². The Morgan fingerprint density at radius 2 is 2.12 bits per heavy atom. The van der Waals surface area contributed by atoms with Gasteiger partial charge in [-0.05, 0) is 12.5 Å². The van der Waals surface area contributed by atoms with Gasteiger partial charge in [-0.25, -0.2) is 0 Å². The number of esters is 1. The lowest BCUT2D eigenvalue weighted by Gasteiger charge is -2.00. The molecule has 0 aliphatic rings. The van der Waals surface area contributed by atoms with E-state index in [2.05, 4.69) is 4.74 Å². The van der Waals surface area contributed by atoms with Crippen molar-refractivity contribution in [1.29, 1.82) is 0 Å². The van der Waals surface area contributed by atoms with Crippen LogP contribution in [0.3, 0.4) is 0 Å². The number of hydrogen-bond acceptors (Lipinski definition) is 3. The van der Waals surface area contributed by atoms with Crippen molar-refractivity contribution in [2.24, 2.45) is 0 Å². The summed E-state index contributed by atoms with van der Waals surface area (Å²) in [7, 11) is 1.37. The first-order chi connectivity index (χ1) is 7.67. The fourth-order valence-corrected chi connectivity index (χ4v) is 1.44. The molecule has 0 radical (unpaired) electrons. The molecule has 0 spiro atoms. The van der Waals surface area contributed by atoms with Crippen molar-refractivity contribution in [2.75, 3.05) is 7.11 Å². The average molecular weight is 223 g/mol. The minimum atomic E-state index is -0.241. The number of aryl methyl sites for hydroxylation is 1. The first-order valence-electron chi connectivity index (χ1n) is 5.43. The third kappa shape index (κ3) is 3.53. The van der Waals surface area contributed by atoms with Crippen molar-refractivity contribution in [3.05, 3.63) is 24.0 Å². The van der Waals surface area contributed by atoms with E-state index in [0.717, 1.165) is 6.42 Å². The number of ketones is 1. The maximum absolute atomic E-state index is 11.5. The van der Waals surface area contributed by atoms with E-state index in [1.807, 2.05) is 17.7 Å². The molecule has 1 heterocycles. The molecule has 0 aliphatic heterocycles. The van der Waals surface area contributed by atoms with Gasteiger partial charge in [0.2, 0.25) is 0 Å². The van der Waals surface area contributed by atoms with Crippen LogP contribution in [0.4, 0.5) is 0 Å². The van der Waals surface area contributed by atoms with Crippen molar-refractivity contribution < 1.29 is 14.3 Å². The minimum absolute atomic E-state index is 0.152. The van der Waals surface area contributed by atoms with E-state index < -0.39 is 0 Å². The summed E-state index contributed by atoms with van der Waals surface area (Å²) in [6, 6.07) is 1.79. The van der Waals surface area contributed by atoms with Crippen molar-refractivity contribution in [1.82, 2.24) is 4.57 Å². The van der Waals surface area contributed by atoms with Crippen LogP contribution in [0.1, 0.15) is 36.5 Å². The monoisotopic (exact) mass is 223 g/mol. The van der Waals surface area contributed by atoms with Crippen LogP contribution in [-0.4, -0.2) is 23.4 Å². The van der Waals surface area contributed by atoms with Gasteiger partial charge in [-0.2, -0.15) is 0 Å². The molecule has 0 unspecified atom stereocenters. The maximum Gasteiger partial charge on any atom is 0.307 e. The van der Waals surface area contributed by atoms with Crippen LogP contribution in [-0.2, 0) is 16.1 Å². The van der Waals surface area contributed by atoms with Crippen molar-refractivity contribution in [3.63, 3.8) is 0 Å². The highest BCUT2D eigenvalue weighted by Gasteiger charge is 2.07. The summed E-state index contributed by atoms with van der Waals surface area (Å²) in [5.74, 6) is -0.0885. The normalized spacial score (nSPS) is 10.1. The Labute approximate surface area is 95.2 Å². The molecule has 4 nitrogen and oxygen atoms in total. The summed E-state index contributed by atoms with van der Waals surface area (Å²) in [6.45, 7) is 2.53. The van der Waals surface area contributed by atoms with Crippen LogP contribution >= 0.6 is 0 Å². The number of ether oxygens (including phenoxy) is 1. The van der Waals surface area contributed by atoms with Crippen LogP contribution in [0.15, 0.2) is 18.5 Å². The molecule has 0 N–H and O–H groups in total. The van der Waals surface area contributed by atoms with Crippen LogP contribution in [0.2, 0.25) is 0 Å². The minimum Gasteiger partial charge on any atom is -0.469 e. The molecule has 4 heteroatoms. The predicted octanol–water partition coefficient (Wildman–Crippen LogP) is 2.03. The lowest BCUT2D eigenvalue weighted by Crippen LogP contribution is -2.05. The van der Waals surface area contributed by atoms with Crippen LogP contribution < -0.4 is 0 Å². The quantitative estimate of drug-likeness (QED) is 0.547. The van der Waals surface area contributed by atoms with E-state index >= 15 is 0 Å². The zero-order valence-electron chi connectivity index (χ0n) is 9.73. The Morgan fingerprint density at radius 1 is 1.38 bits per heavy atom. The molecule has 88 valence electrons. The largest absolute Gasteiger partial charge is 0.469 e. The molecule has 0 aromatic carbocycles. The second kappa shape index (κ2) is 6.10. The lowest BCUT2D eigenvalue weighted by atomic mass is 10.1. The molecular formula is C12H17NO3. The third-order valence-corrected chi connectivity index (χ3v) is 2.35. The zero-order valence-corrected chi connectivity index (χ0v) is 9.73. The second-order valence-electron chi connectivity index (χ2n) is 3.64. The second-order valence-corrected chi connectivity index (χ2v) is 3.64. The number of methoxy groups -OCH3 is 1. The molecule has 1 aromatic rings. The van der Waals surface area contributed by atoms with Gasteiger partial charge in [0.1, 0.15) is 0 Å². The molecule has 1 rings (SSSR count). The molecule has 0 saturated carbocycles. The summed E-state index contributed by atoms with van der Waals surface area (Å²) in [5.41, 5.74) is 0.715. The first-order valence-corrected chi connectivity index (χ1v) is 5.43. The SMILES string of the molecule is CCCC(=O)c1ccn(CCC(=O)OC)c1. The number of hydrogen-bond donors (Lipinski definition) is 0. The van der Waals surface area contributed by atoms with Gasteiger partial charge >= 0.3 is 5.97 Å². The maximum atomic E-state index is 11.5. The predicted molar refractivity (Wildman–Crippen MR) is 60.3 cm³/mol. The van der Waals surface area contributed by atoms with E-state index in [-0.39, 0.29) is 11.8 Å². The number of Topliss-reactive ketones (excluding diaryl/α,β-unsaturated/α-hetero) is 1.